The van der Waals surface area contributed by atoms with E-state index in [0.717, 1.165) is 0 Å². The standard InChI is InChI=1S/C11H18N4O2/c1-8(2)15-7-9(6-10(15)16)14-11(17)13-5-3-4-12/h8-9H,3,5-7H2,1-2H3,(H2,13,14,17). The van der Waals surface area contributed by atoms with Crippen molar-refractivity contribution in [3.8, 4) is 6.07 Å². The van der Waals surface area contributed by atoms with Crippen molar-refractivity contribution >= 4 is 11.9 Å². The average molecular weight is 238 g/mol. The molecule has 6 heteroatoms. The first-order valence-electron chi connectivity index (χ1n) is 5.75. The fourth-order valence-corrected chi connectivity index (χ4v) is 1.80. The Morgan fingerprint density at radius 2 is 2.35 bits per heavy atom. The third-order valence-electron chi connectivity index (χ3n) is 2.64. The first-order chi connectivity index (χ1) is 8.04. The molecule has 0 radical (unpaired) electrons. The average Bonchev–Trinajstić information content (AvgIpc) is 2.60. The molecule has 1 saturated heterocycles. The van der Waals surface area contributed by atoms with Crippen LogP contribution in [0.2, 0.25) is 0 Å². The van der Waals surface area contributed by atoms with Gasteiger partial charge in [-0.05, 0) is 13.8 Å². The van der Waals surface area contributed by atoms with Crippen LogP contribution in [0.25, 0.3) is 0 Å². The van der Waals surface area contributed by atoms with Gasteiger partial charge >= 0.3 is 6.03 Å². The van der Waals surface area contributed by atoms with Gasteiger partial charge in [-0.1, -0.05) is 0 Å². The van der Waals surface area contributed by atoms with Gasteiger partial charge in [-0.15, -0.1) is 0 Å². The van der Waals surface area contributed by atoms with E-state index >= 15 is 0 Å². The molecule has 1 aliphatic heterocycles. The van der Waals surface area contributed by atoms with Crippen molar-refractivity contribution in [1.29, 1.82) is 5.26 Å². The SMILES string of the molecule is CC(C)N1CC(NC(=O)NCCC#N)CC1=O. The number of urea groups is 1. The van der Waals surface area contributed by atoms with E-state index in [1.807, 2.05) is 19.9 Å². The number of nitriles is 1. The number of amides is 3. The van der Waals surface area contributed by atoms with Gasteiger partial charge in [-0.2, -0.15) is 5.26 Å². The third-order valence-corrected chi connectivity index (χ3v) is 2.64. The first kappa shape index (κ1) is 13.3. The predicted octanol–water partition coefficient (Wildman–Crippen LogP) is 0.209. The molecule has 17 heavy (non-hydrogen) atoms. The molecule has 0 aromatic heterocycles. The van der Waals surface area contributed by atoms with E-state index in [0.29, 0.717) is 19.5 Å². The smallest absolute Gasteiger partial charge is 0.315 e. The lowest BCUT2D eigenvalue weighted by atomic mass is 10.2. The Kier molecular flexibility index (Phi) is 4.76. The lowest BCUT2D eigenvalue weighted by molar-refractivity contribution is -0.129. The van der Waals surface area contributed by atoms with Gasteiger partial charge in [0.2, 0.25) is 5.91 Å². The highest BCUT2D eigenvalue weighted by Gasteiger charge is 2.31. The van der Waals surface area contributed by atoms with Gasteiger partial charge in [0.1, 0.15) is 0 Å². The highest BCUT2D eigenvalue weighted by atomic mass is 16.2. The Hall–Kier alpha value is -1.77. The summed E-state index contributed by atoms with van der Waals surface area (Å²) in [6.07, 6.45) is 0.638. The molecule has 0 aromatic carbocycles. The number of hydrogen-bond acceptors (Lipinski definition) is 3. The summed E-state index contributed by atoms with van der Waals surface area (Å²) in [5, 5.41) is 13.6. The summed E-state index contributed by atoms with van der Waals surface area (Å²) in [6, 6.07) is 1.66. The van der Waals surface area contributed by atoms with Crippen LogP contribution in [-0.2, 0) is 4.79 Å². The van der Waals surface area contributed by atoms with Gasteiger partial charge in [0.15, 0.2) is 0 Å². The highest BCUT2D eigenvalue weighted by molar-refractivity contribution is 5.81. The molecule has 0 spiro atoms. The molecule has 2 N–H and O–H groups in total. The summed E-state index contributed by atoms with van der Waals surface area (Å²) in [7, 11) is 0. The van der Waals surface area contributed by atoms with Crippen LogP contribution >= 0.6 is 0 Å². The maximum absolute atomic E-state index is 11.6. The molecule has 1 aliphatic rings. The molecule has 1 atom stereocenters. The molecular weight excluding hydrogens is 220 g/mol. The van der Waals surface area contributed by atoms with E-state index in [1.54, 1.807) is 4.90 Å². The van der Waals surface area contributed by atoms with E-state index in [9.17, 15) is 9.59 Å². The van der Waals surface area contributed by atoms with Crippen molar-refractivity contribution in [3.63, 3.8) is 0 Å². The largest absolute Gasteiger partial charge is 0.338 e. The first-order valence-corrected chi connectivity index (χ1v) is 5.75. The predicted molar refractivity (Wildman–Crippen MR) is 62.0 cm³/mol. The molecular formula is C11H18N4O2. The molecule has 0 bridgehead atoms. The molecule has 0 aromatic rings. The zero-order chi connectivity index (χ0) is 12.8. The molecule has 1 rings (SSSR count). The Balaban J connectivity index is 2.32. The second kappa shape index (κ2) is 6.09. The summed E-state index contributed by atoms with van der Waals surface area (Å²) < 4.78 is 0. The van der Waals surface area contributed by atoms with E-state index in [2.05, 4.69) is 10.6 Å². The summed E-state index contributed by atoms with van der Waals surface area (Å²) in [5.74, 6) is 0.0716. The number of nitrogens with zero attached hydrogens (tertiary/aromatic N) is 2. The number of rotatable bonds is 4. The topological polar surface area (TPSA) is 85.2 Å². The van der Waals surface area contributed by atoms with Crippen molar-refractivity contribution in [2.75, 3.05) is 13.1 Å². The van der Waals surface area contributed by atoms with Gasteiger partial charge in [-0.25, -0.2) is 4.79 Å². The number of carbonyl (C=O) groups is 2. The minimum Gasteiger partial charge on any atom is -0.338 e. The number of hydrogen-bond donors (Lipinski definition) is 2. The lowest BCUT2D eigenvalue weighted by Crippen LogP contribution is -2.44. The molecule has 3 amide bonds. The van der Waals surface area contributed by atoms with E-state index in [-0.39, 0.29) is 30.4 Å². The van der Waals surface area contributed by atoms with Crippen LogP contribution in [0.5, 0.6) is 0 Å². The van der Waals surface area contributed by atoms with E-state index in [4.69, 9.17) is 5.26 Å². The van der Waals surface area contributed by atoms with E-state index in [1.165, 1.54) is 0 Å². The lowest BCUT2D eigenvalue weighted by Gasteiger charge is -2.21. The monoisotopic (exact) mass is 238 g/mol. The minimum atomic E-state index is -0.316. The van der Waals surface area contributed by atoms with Crippen LogP contribution in [0, 0.1) is 11.3 Å². The fourth-order valence-electron chi connectivity index (χ4n) is 1.80. The Labute approximate surface area is 101 Å². The van der Waals surface area contributed by atoms with E-state index < -0.39 is 0 Å². The zero-order valence-electron chi connectivity index (χ0n) is 10.2. The maximum atomic E-state index is 11.6. The van der Waals surface area contributed by atoms with Crippen LogP contribution in [0.3, 0.4) is 0 Å². The summed E-state index contributed by atoms with van der Waals surface area (Å²) in [6.45, 7) is 4.79. The van der Waals surface area contributed by atoms with Gasteiger partial charge in [0.05, 0.1) is 18.5 Å². The Bertz CT molecular complexity index is 335. The molecule has 0 saturated carbocycles. The van der Waals surface area contributed by atoms with Crippen LogP contribution in [0.4, 0.5) is 4.79 Å². The molecule has 1 fully saturated rings. The second-order valence-electron chi connectivity index (χ2n) is 4.35. The minimum absolute atomic E-state index is 0.0716. The molecule has 0 aliphatic carbocycles. The molecule has 94 valence electrons. The van der Waals surface area contributed by atoms with Crippen LogP contribution < -0.4 is 10.6 Å². The number of nitrogens with one attached hydrogen (secondary N) is 2. The molecule has 6 nitrogen and oxygen atoms in total. The Morgan fingerprint density at radius 1 is 1.65 bits per heavy atom. The van der Waals surface area contributed by atoms with Crippen molar-refractivity contribution in [1.82, 2.24) is 15.5 Å². The van der Waals surface area contributed by atoms with Crippen molar-refractivity contribution < 1.29 is 9.59 Å². The summed E-state index contributed by atoms with van der Waals surface area (Å²) >= 11 is 0. The number of carbonyl (C=O) groups excluding carboxylic acids is 2. The van der Waals surface area contributed by atoms with Crippen molar-refractivity contribution in [3.05, 3.63) is 0 Å². The van der Waals surface area contributed by atoms with Gasteiger partial charge in [0.25, 0.3) is 0 Å². The highest BCUT2D eigenvalue weighted by Crippen LogP contribution is 2.13. The summed E-state index contributed by atoms with van der Waals surface area (Å²) in [5.41, 5.74) is 0. The molecule has 1 heterocycles. The summed E-state index contributed by atoms with van der Waals surface area (Å²) in [4.78, 5) is 24.7. The zero-order valence-corrected chi connectivity index (χ0v) is 10.2. The van der Waals surface area contributed by atoms with Gasteiger partial charge in [0, 0.05) is 25.6 Å². The fraction of sp³-hybridized carbons (Fsp3) is 0.727. The van der Waals surface area contributed by atoms with Crippen LogP contribution in [-0.4, -0.2) is 42.0 Å². The van der Waals surface area contributed by atoms with Crippen molar-refractivity contribution in [2.45, 2.75) is 38.8 Å². The maximum Gasteiger partial charge on any atom is 0.315 e. The van der Waals surface area contributed by atoms with Gasteiger partial charge < -0.3 is 15.5 Å². The second-order valence-corrected chi connectivity index (χ2v) is 4.35. The Morgan fingerprint density at radius 3 is 2.88 bits per heavy atom. The van der Waals surface area contributed by atoms with Crippen LogP contribution in [0.1, 0.15) is 26.7 Å². The normalized spacial score (nSPS) is 19.3. The van der Waals surface area contributed by atoms with Crippen molar-refractivity contribution in [2.24, 2.45) is 0 Å². The quantitative estimate of drug-likeness (QED) is 0.686. The molecule has 1 unspecified atom stereocenters. The third kappa shape index (κ3) is 3.94. The van der Waals surface area contributed by atoms with Crippen LogP contribution in [0.15, 0.2) is 0 Å². The number of likely N-dealkylation sites (tertiary alicyclic amines) is 1. The van der Waals surface area contributed by atoms with Gasteiger partial charge in [-0.3, -0.25) is 4.79 Å².